The van der Waals surface area contributed by atoms with Crippen molar-refractivity contribution in [2.45, 2.75) is 20.3 Å². The number of aryl methyl sites for hydroxylation is 1. The van der Waals surface area contributed by atoms with Crippen LogP contribution in [0.3, 0.4) is 0 Å². The molecule has 2 aromatic rings. The Labute approximate surface area is 109 Å². The number of hydrogen-bond donors (Lipinski definition) is 0. The SMILES string of the molecule is CCc1nc2c(Cl)ccc(Cl)c2c(Cl)c1C. The van der Waals surface area contributed by atoms with Crippen LogP contribution in [0, 0.1) is 6.92 Å². The van der Waals surface area contributed by atoms with Crippen molar-refractivity contribution in [3.05, 3.63) is 38.5 Å². The Kier molecular flexibility index (Phi) is 3.29. The van der Waals surface area contributed by atoms with Crippen LogP contribution < -0.4 is 0 Å². The fraction of sp³-hybridized carbons (Fsp3) is 0.250. The van der Waals surface area contributed by atoms with Crippen LogP contribution in [-0.4, -0.2) is 4.98 Å². The van der Waals surface area contributed by atoms with Crippen molar-refractivity contribution < 1.29 is 0 Å². The Morgan fingerprint density at radius 2 is 1.75 bits per heavy atom. The number of hydrogen-bond acceptors (Lipinski definition) is 1. The Bertz CT molecular complexity index is 564. The number of nitrogens with zero attached hydrogens (tertiary/aromatic N) is 1. The van der Waals surface area contributed by atoms with E-state index in [9.17, 15) is 0 Å². The van der Waals surface area contributed by atoms with Gasteiger partial charge < -0.3 is 0 Å². The van der Waals surface area contributed by atoms with Crippen LogP contribution in [-0.2, 0) is 6.42 Å². The van der Waals surface area contributed by atoms with Crippen LogP contribution in [0.1, 0.15) is 18.2 Å². The third-order valence-corrected chi connectivity index (χ3v) is 3.73. The van der Waals surface area contributed by atoms with Gasteiger partial charge in [-0.1, -0.05) is 41.7 Å². The normalized spacial score (nSPS) is 11.1. The van der Waals surface area contributed by atoms with Gasteiger partial charge >= 0.3 is 0 Å². The molecule has 0 amide bonds. The van der Waals surface area contributed by atoms with Gasteiger partial charge in [-0.2, -0.15) is 0 Å². The summed E-state index contributed by atoms with van der Waals surface area (Å²) in [6, 6.07) is 3.48. The summed E-state index contributed by atoms with van der Waals surface area (Å²) in [5, 5.41) is 2.55. The van der Waals surface area contributed by atoms with Gasteiger partial charge in [-0.25, -0.2) is 0 Å². The molecular weight excluding hydrogens is 264 g/mol. The minimum Gasteiger partial charge on any atom is -0.251 e. The molecule has 0 spiro atoms. The Balaban J connectivity index is 2.97. The summed E-state index contributed by atoms with van der Waals surface area (Å²) in [5.41, 5.74) is 2.61. The van der Waals surface area contributed by atoms with Gasteiger partial charge in [-0.15, -0.1) is 0 Å². The minimum atomic E-state index is 0.580. The smallest absolute Gasteiger partial charge is 0.0921 e. The second-order valence-corrected chi connectivity index (χ2v) is 4.80. The zero-order valence-electron chi connectivity index (χ0n) is 8.94. The molecule has 0 N–H and O–H groups in total. The molecular formula is C12H10Cl3N. The van der Waals surface area contributed by atoms with Gasteiger partial charge in [0.2, 0.25) is 0 Å². The summed E-state index contributed by atoms with van der Waals surface area (Å²) in [6.07, 6.45) is 0.824. The van der Waals surface area contributed by atoms with Gasteiger partial charge in [-0.3, -0.25) is 4.98 Å². The molecule has 16 heavy (non-hydrogen) atoms. The number of pyridine rings is 1. The van der Waals surface area contributed by atoms with E-state index in [-0.39, 0.29) is 0 Å². The fourth-order valence-corrected chi connectivity index (χ4v) is 2.53. The van der Waals surface area contributed by atoms with E-state index in [0.29, 0.717) is 20.6 Å². The maximum Gasteiger partial charge on any atom is 0.0921 e. The highest BCUT2D eigenvalue weighted by atomic mass is 35.5. The maximum absolute atomic E-state index is 6.30. The molecule has 4 heteroatoms. The summed E-state index contributed by atoms with van der Waals surface area (Å²) in [4.78, 5) is 4.51. The van der Waals surface area contributed by atoms with Crippen molar-refractivity contribution in [1.29, 1.82) is 0 Å². The predicted molar refractivity (Wildman–Crippen MR) is 70.9 cm³/mol. The van der Waals surface area contributed by atoms with Crippen molar-refractivity contribution in [3.63, 3.8) is 0 Å². The van der Waals surface area contributed by atoms with Gasteiger partial charge in [0.25, 0.3) is 0 Å². The molecule has 0 aliphatic carbocycles. The average molecular weight is 275 g/mol. The quantitative estimate of drug-likeness (QED) is 0.708. The molecule has 0 saturated heterocycles. The molecule has 1 aromatic heterocycles. The lowest BCUT2D eigenvalue weighted by atomic mass is 10.1. The van der Waals surface area contributed by atoms with E-state index in [2.05, 4.69) is 4.98 Å². The Morgan fingerprint density at radius 1 is 1.12 bits per heavy atom. The zero-order valence-corrected chi connectivity index (χ0v) is 11.2. The molecule has 0 aliphatic heterocycles. The molecule has 1 aromatic carbocycles. The number of halogens is 3. The minimum absolute atomic E-state index is 0.580. The summed E-state index contributed by atoms with van der Waals surface area (Å²) in [7, 11) is 0. The largest absolute Gasteiger partial charge is 0.251 e. The molecule has 0 aliphatic rings. The first-order valence-corrected chi connectivity index (χ1v) is 6.12. The number of benzene rings is 1. The summed E-state index contributed by atoms with van der Waals surface area (Å²) < 4.78 is 0. The second-order valence-electron chi connectivity index (χ2n) is 3.60. The highest BCUT2D eigenvalue weighted by molar-refractivity contribution is 6.45. The first kappa shape index (κ1) is 12.0. The van der Waals surface area contributed by atoms with E-state index >= 15 is 0 Å². The highest BCUT2D eigenvalue weighted by Crippen LogP contribution is 2.36. The average Bonchev–Trinajstić information content (AvgIpc) is 2.27. The molecule has 0 atom stereocenters. The van der Waals surface area contributed by atoms with E-state index in [1.807, 2.05) is 13.8 Å². The third kappa shape index (κ3) is 1.77. The van der Waals surface area contributed by atoms with Crippen LogP contribution in [0.15, 0.2) is 12.1 Å². The van der Waals surface area contributed by atoms with E-state index < -0.39 is 0 Å². The first-order chi connectivity index (χ1) is 7.56. The van der Waals surface area contributed by atoms with Crippen LogP contribution in [0.5, 0.6) is 0 Å². The molecule has 0 bridgehead atoms. The summed E-state index contributed by atoms with van der Waals surface area (Å²) in [6.45, 7) is 3.99. The van der Waals surface area contributed by atoms with Crippen molar-refractivity contribution in [2.24, 2.45) is 0 Å². The van der Waals surface area contributed by atoms with Crippen LogP contribution in [0.4, 0.5) is 0 Å². The zero-order chi connectivity index (χ0) is 11.9. The maximum atomic E-state index is 6.30. The number of aromatic nitrogens is 1. The van der Waals surface area contributed by atoms with Gasteiger partial charge in [0.15, 0.2) is 0 Å². The number of rotatable bonds is 1. The second kappa shape index (κ2) is 4.40. The van der Waals surface area contributed by atoms with Crippen LogP contribution in [0.2, 0.25) is 15.1 Å². The molecule has 0 radical (unpaired) electrons. The van der Waals surface area contributed by atoms with Gasteiger partial charge in [-0.05, 0) is 31.0 Å². The Hall–Kier alpha value is -0.500. The van der Waals surface area contributed by atoms with Crippen molar-refractivity contribution in [3.8, 4) is 0 Å². The van der Waals surface area contributed by atoms with E-state index in [0.717, 1.165) is 23.1 Å². The number of fused-ring (bicyclic) bond motifs is 1. The lowest BCUT2D eigenvalue weighted by molar-refractivity contribution is 1.03. The van der Waals surface area contributed by atoms with Crippen LogP contribution >= 0.6 is 34.8 Å². The van der Waals surface area contributed by atoms with Gasteiger partial charge in [0, 0.05) is 11.1 Å². The monoisotopic (exact) mass is 273 g/mol. The highest BCUT2D eigenvalue weighted by Gasteiger charge is 2.13. The lowest BCUT2D eigenvalue weighted by Crippen LogP contribution is -1.95. The van der Waals surface area contributed by atoms with Gasteiger partial charge in [0.05, 0.1) is 20.6 Å². The van der Waals surface area contributed by atoms with Crippen molar-refractivity contribution in [1.82, 2.24) is 4.98 Å². The Morgan fingerprint density at radius 3 is 2.38 bits per heavy atom. The molecule has 1 nitrogen and oxygen atoms in total. The standard InChI is InChI=1S/C12H10Cl3N/c1-3-9-6(2)11(15)10-7(13)4-5-8(14)12(10)16-9/h4-5H,3H2,1-2H3. The molecule has 0 saturated carbocycles. The summed E-state index contributed by atoms with van der Waals surface area (Å²) in [5.74, 6) is 0. The van der Waals surface area contributed by atoms with E-state index in [1.54, 1.807) is 12.1 Å². The van der Waals surface area contributed by atoms with Crippen LogP contribution in [0.25, 0.3) is 10.9 Å². The predicted octanol–water partition coefficient (Wildman–Crippen LogP) is 5.07. The lowest BCUT2D eigenvalue weighted by Gasteiger charge is -2.10. The molecule has 1 heterocycles. The van der Waals surface area contributed by atoms with E-state index in [4.69, 9.17) is 34.8 Å². The first-order valence-electron chi connectivity index (χ1n) is 4.99. The molecule has 0 fully saturated rings. The van der Waals surface area contributed by atoms with Gasteiger partial charge in [0.1, 0.15) is 0 Å². The van der Waals surface area contributed by atoms with Crippen molar-refractivity contribution >= 4 is 45.7 Å². The molecule has 84 valence electrons. The molecule has 0 unspecified atom stereocenters. The van der Waals surface area contributed by atoms with Crippen molar-refractivity contribution in [2.75, 3.05) is 0 Å². The third-order valence-electron chi connectivity index (χ3n) is 2.64. The van der Waals surface area contributed by atoms with E-state index in [1.165, 1.54) is 0 Å². The molecule has 2 rings (SSSR count). The fourth-order valence-electron chi connectivity index (χ4n) is 1.74. The summed E-state index contributed by atoms with van der Waals surface area (Å²) >= 11 is 18.5. The topological polar surface area (TPSA) is 12.9 Å².